The normalized spacial score (nSPS) is 10.7. The van der Waals surface area contributed by atoms with E-state index in [1.165, 1.54) is 11.8 Å². The van der Waals surface area contributed by atoms with E-state index in [1.54, 1.807) is 12.4 Å². The molecule has 0 saturated heterocycles. The molecule has 0 bridgehead atoms. The number of hydrogen-bond acceptors (Lipinski definition) is 6. The third kappa shape index (κ3) is 3.94. The molecule has 0 aliphatic carbocycles. The molecule has 0 radical (unpaired) electrons. The zero-order valence-corrected chi connectivity index (χ0v) is 15.7. The number of carbonyl (C=O) groups is 1. The average molecular weight is 387 g/mol. The van der Waals surface area contributed by atoms with E-state index >= 15 is 0 Å². The zero-order chi connectivity index (χ0) is 19.3. The lowest BCUT2D eigenvalue weighted by Gasteiger charge is -2.13. The lowest BCUT2D eigenvalue weighted by atomic mass is 10.2. The van der Waals surface area contributed by atoms with Gasteiger partial charge >= 0.3 is 0 Å². The summed E-state index contributed by atoms with van der Waals surface area (Å²) >= 11 is 1.39. The fourth-order valence-electron chi connectivity index (χ4n) is 2.77. The predicted octanol–water partition coefficient (Wildman–Crippen LogP) is 4.01. The molecule has 4 rings (SSSR count). The molecule has 2 heterocycles. The Hall–Kier alpha value is -3.45. The second kappa shape index (κ2) is 8.06. The number of aromatic nitrogens is 3. The van der Waals surface area contributed by atoms with Gasteiger partial charge in [-0.05, 0) is 36.4 Å². The number of rotatable bonds is 6. The van der Waals surface area contributed by atoms with E-state index < -0.39 is 0 Å². The Kier molecular flexibility index (Phi) is 5.16. The van der Waals surface area contributed by atoms with Crippen LogP contribution in [0.2, 0.25) is 0 Å². The van der Waals surface area contributed by atoms with Crippen molar-refractivity contribution >= 4 is 40.1 Å². The fourth-order valence-corrected chi connectivity index (χ4v) is 3.52. The first-order valence-electron chi connectivity index (χ1n) is 8.65. The van der Waals surface area contributed by atoms with Crippen LogP contribution in [-0.4, -0.2) is 26.6 Å². The summed E-state index contributed by atoms with van der Waals surface area (Å²) in [4.78, 5) is 25.7. The third-order valence-electron chi connectivity index (χ3n) is 4.03. The molecule has 7 heteroatoms. The van der Waals surface area contributed by atoms with Gasteiger partial charge in [0.15, 0.2) is 5.82 Å². The Morgan fingerprint density at radius 2 is 1.82 bits per heavy atom. The molecule has 0 spiro atoms. The maximum Gasteiger partial charge on any atom is 0.227 e. The fraction of sp³-hybridized carbons (Fsp3) is 0.0476. The van der Waals surface area contributed by atoms with Crippen molar-refractivity contribution in [3.05, 3.63) is 73.1 Å². The van der Waals surface area contributed by atoms with Gasteiger partial charge in [0.05, 0.1) is 17.0 Å². The summed E-state index contributed by atoms with van der Waals surface area (Å²) in [6, 6.07) is 19.4. The van der Waals surface area contributed by atoms with Crippen LogP contribution in [0.1, 0.15) is 0 Å². The molecule has 0 saturated carbocycles. The van der Waals surface area contributed by atoms with Crippen LogP contribution in [0.5, 0.6) is 0 Å². The topological polar surface area (TPSA) is 93.8 Å². The highest BCUT2D eigenvalue weighted by molar-refractivity contribution is 8.00. The highest BCUT2D eigenvalue weighted by atomic mass is 32.2. The van der Waals surface area contributed by atoms with Gasteiger partial charge in [0.2, 0.25) is 5.91 Å². The highest BCUT2D eigenvalue weighted by Crippen LogP contribution is 2.32. The Balaban J connectivity index is 1.78. The van der Waals surface area contributed by atoms with Crippen molar-refractivity contribution in [2.45, 2.75) is 4.90 Å². The minimum atomic E-state index is -0.355. The SMILES string of the molecule is NC(=O)CSc1ccccc1Nc1nc(-c2cccnc2)nc2ccccc12. The summed E-state index contributed by atoms with van der Waals surface area (Å²) in [5, 5.41) is 4.31. The number of amides is 1. The quantitative estimate of drug-likeness (QED) is 0.486. The van der Waals surface area contributed by atoms with E-state index in [1.807, 2.05) is 60.7 Å². The molecule has 4 aromatic rings. The largest absolute Gasteiger partial charge is 0.369 e. The number of nitrogens with two attached hydrogens (primary N) is 1. The zero-order valence-electron chi connectivity index (χ0n) is 14.9. The lowest BCUT2D eigenvalue weighted by Crippen LogP contribution is -2.13. The summed E-state index contributed by atoms with van der Waals surface area (Å²) in [6.07, 6.45) is 3.46. The summed E-state index contributed by atoms with van der Waals surface area (Å²) in [5.41, 5.74) is 7.83. The lowest BCUT2D eigenvalue weighted by molar-refractivity contribution is -0.115. The second-order valence-electron chi connectivity index (χ2n) is 6.03. The number of nitrogens with one attached hydrogen (secondary N) is 1. The van der Waals surface area contributed by atoms with Crippen molar-refractivity contribution in [3.63, 3.8) is 0 Å². The van der Waals surface area contributed by atoms with E-state index in [9.17, 15) is 4.79 Å². The molecular formula is C21H17N5OS. The third-order valence-corrected chi connectivity index (χ3v) is 5.13. The second-order valence-corrected chi connectivity index (χ2v) is 7.05. The van der Waals surface area contributed by atoms with Crippen LogP contribution in [0.4, 0.5) is 11.5 Å². The molecule has 1 amide bonds. The van der Waals surface area contributed by atoms with Gasteiger partial charge in [-0.1, -0.05) is 24.3 Å². The van der Waals surface area contributed by atoms with E-state index in [-0.39, 0.29) is 11.7 Å². The number of nitrogens with zero attached hydrogens (tertiary/aromatic N) is 3. The van der Waals surface area contributed by atoms with Crippen LogP contribution >= 0.6 is 11.8 Å². The number of pyridine rings is 1. The van der Waals surface area contributed by atoms with Crippen molar-refractivity contribution in [2.24, 2.45) is 5.73 Å². The molecular weight excluding hydrogens is 370 g/mol. The Labute approximate surface area is 166 Å². The van der Waals surface area contributed by atoms with Gasteiger partial charge < -0.3 is 11.1 Å². The van der Waals surface area contributed by atoms with Crippen molar-refractivity contribution in [1.29, 1.82) is 0 Å². The highest BCUT2D eigenvalue weighted by Gasteiger charge is 2.12. The standard InChI is InChI=1S/C21H17N5OS/c22-19(27)13-28-18-10-4-3-9-17(18)25-21-15-7-1-2-8-16(15)24-20(26-21)14-6-5-11-23-12-14/h1-12H,13H2,(H2,22,27)(H,24,25,26). The van der Waals surface area contributed by atoms with Gasteiger partial charge in [0, 0.05) is 28.2 Å². The summed E-state index contributed by atoms with van der Waals surface area (Å²) in [7, 11) is 0. The Morgan fingerprint density at radius 3 is 2.64 bits per heavy atom. The molecule has 0 aliphatic rings. The number of thioether (sulfide) groups is 1. The first-order valence-corrected chi connectivity index (χ1v) is 9.63. The molecule has 0 unspecified atom stereocenters. The van der Waals surface area contributed by atoms with Crippen LogP contribution in [0.15, 0.2) is 78.0 Å². The minimum Gasteiger partial charge on any atom is -0.369 e. The monoisotopic (exact) mass is 387 g/mol. The van der Waals surface area contributed by atoms with E-state index in [2.05, 4.69) is 15.3 Å². The van der Waals surface area contributed by atoms with Crippen LogP contribution in [0.3, 0.4) is 0 Å². The number of hydrogen-bond donors (Lipinski definition) is 2. The minimum absolute atomic E-state index is 0.212. The molecule has 2 aromatic heterocycles. The summed E-state index contributed by atoms with van der Waals surface area (Å²) in [5.74, 6) is 1.14. The van der Waals surface area contributed by atoms with E-state index in [0.29, 0.717) is 11.6 Å². The van der Waals surface area contributed by atoms with Gasteiger partial charge in [-0.2, -0.15) is 0 Å². The van der Waals surface area contributed by atoms with E-state index in [4.69, 9.17) is 10.7 Å². The molecule has 6 nitrogen and oxygen atoms in total. The van der Waals surface area contributed by atoms with Crippen LogP contribution in [0.25, 0.3) is 22.3 Å². The number of carbonyl (C=O) groups excluding carboxylic acids is 1. The van der Waals surface area contributed by atoms with Crippen LogP contribution in [-0.2, 0) is 4.79 Å². The molecule has 28 heavy (non-hydrogen) atoms. The van der Waals surface area contributed by atoms with Gasteiger partial charge in [0.1, 0.15) is 5.82 Å². The first kappa shape index (κ1) is 17.9. The Bertz CT molecular complexity index is 1130. The van der Waals surface area contributed by atoms with Gasteiger partial charge in [0.25, 0.3) is 0 Å². The molecule has 0 aliphatic heterocycles. The van der Waals surface area contributed by atoms with Gasteiger partial charge in [-0.25, -0.2) is 9.97 Å². The first-order chi connectivity index (χ1) is 13.7. The van der Waals surface area contributed by atoms with Crippen molar-refractivity contribution in [3.8, 4) is 11.4 Å². The number of fused-ring (bicyclic) bond motifs is 1. The van der Waals surface area contributed by atoms with Crippen LogP contribution in [0, 0.1) is 0 Å². The maximum atomic E-state index is 11.2. The Morgan fingerprint density at radius 1 is 1.00 bits per heavy atom. The number of benzene rings is 2. The molecule has 0 atom stereocenters. The molecule has 2 aromatic carbocycles. The summed E-state index contributed by atoms with van der Waals surface area (Å²) < 4.78 is 0. The maximum absolute atomic E-state index is 11.2. The molecule has 138 valence electrons. The molecule has 3 N–H and O–H groups in total. The predicted molar refractivity (Wildman–Crippen MR) is 112 cm³/mol. The number of para-hydroxylation sites is 2. The number of anilines is 2. The van der Waals surface area contributed by atoms with Crippen molar-refractivity contribution in [1.82, 2.24) is 15.0 Å². The van der Waals surface area contributed by atoms with E-state index in [0.717, 1.165) is 27.0 Å². The smallest absolute Gasteiger partial charge is 0.227 e. The van der Waals surface area contributed by atoms with Crippen LogP contribution < -0.4 is 11.1 Å². The average Bonchev–Trinajstić information content (AvgIpc) is 2.73. The van der Waals surface area contributed by atoms with Crippen molar-refractivity contribution < 1.29 is 4.79 Å². The van der Waals surface area contributed by atoms with Crippen molar-refractivity contribution in [2.75, 3.05) is 11.1 Å². The summed E-state index contributed by atoms with van der Waals surface area (Å²) in [6.45, 7) is 0. The van der Waals surface area contributed by atoms with Gasteiger partial charge in [-0.15, -0.1) is 11.8 Å². The number of primary amides is 1. The van der Waals surface area contributed by atoms with Gasteiger partial charge in [-0.3, -0.25) is 9.78 Å². The molecule has 0 fully saturated rings.